The second kappa shape index (κ2) is 10.4. The van der Waals surface area contributed by atoms with Crippen LogP contribution in [0.5, 0.6) is 5.75 Å². The predicted molar refractivity (Wildman–Crippen MR) is 174 cm³/mol. The molecule has 230 valence electrons. The van der Waals surface area contributed by atoms with E-state index in [-0.39, 0.29) is 23.9 Å². The van der Waals surface area contributed by atoms with Crippen molar-refractivity contribution >= 4 is 39.6 Å². The third-order valence-electron chi connectivity index (χ3n) is 9.99. The number of carbonyl (C=O) groups excluding carboxylic acids is 2. The molecule has 8 rings (SSSR count). The highest BCUT2D eigenvalue weighted by atomic mass is 16.5. The lowest BCUT2D eigenvalue weighted by Crippen LogP contribution is -2.41. The molecule has 2 saturated carbocycles. The van der Waals surface area contributed by atoms with Crippen LogP contribution in [0.15, 0.2) is 54.7 Å². The normalized spacial score (nSPS) is 20.8. The number of ether oxygens (including phenoxy) is 1. The van der Waals surface area contributed by atoms with Gasteiger partial charge in [-0.15, -0.1) is 0 Å². The zero-order valence-electron chi connectivity index (χ0n) is 25.8. The van der Waals surface area contributed by atoms with Crippen molar-refractivity contribution in [1.82, 2.24) is 24.0 Å². The number of likely N-dealkylation sites (tertiary alicyclic amines) is 1. The molecule has 0 spiro atoms. The maximum absolute atomic E-state index is 13.7. The largest absolute Gasteiger partial charge is 0.494 e. The molecule has 2 bridgehead atoms. The smallest absolute Gasteiger partial charge is 0.254 e. The molecule has 1 aliphatic heterocycles. The first-order valence-corrected chi connectivity index (χ1v) is 15.8. The fourth-order valence-electron chi connectivity index (χ4n) is 7.46. The number of aromatic nitrogens is 4. The highest BCUT2D eigenvalue weighted by molar-refractivity contribution is 6.01. The Kier molecular flexibility index (Phi) is 6.46. The lowest BCUT2D eigenvalue weighted by atomic mass is 10.1. The van der Waals surface area contributed by atoms with Gasteiger partial charge in [0.15, 0.2) is 5.82 Å². The van der Waals surface area contributed by atoms with Gasteiger partial charge in [0.05, 0.1) is 18.3 Å². The van der Waals surface area contributed by atoms with Crippen LogP contribution < -0.4 is 15.8 Å². The number of carbonyl (C=O) groups is 2. The molecule has 4 heterocycles. The highest BCUT2D eigenvalue weighted by Gasteiger charge is 2.47. The summed E-state index contributed by atoms with van der Waals surface area (Å²) in [4.78, 5) is 36.7. The molecule has 2 aliphatic carbocycles. The van der Waals surface area contributed by atoms with Gasteiger partial charge in [-0.3, -0.25) is 9.59 Å². The second-order valence-corrected chi connectivity index (χ2v) is 13.0. The maximum atomic E-state index is 13.7. The number of fused-ring (bicyclic) bond motifs is 4. The van der Waals surface area contributed by atoms with Gasteiger partial charge >= 0.3 is 0 Å². The van der Waals surface area contributed by atoms with E-state index >= 15 is 0 Å². The lowest BCUT2D eigenvalue weighted by molar-refractivity contribution is -0.114. The summed E-state index contributed by atoms with van der Waals surface area (Å²) < 4.78 is 10.3. The van der Waals surface area contributed by atoms with E-state index in [1.54, 1.807) is 13.3 Å². The van der Waals surface area contributed by atoms with Crippen molar-refractivity contribution in [2.45, 2.75) is 51.2 Å². The number of nitrogens with two attached hydrogens (primary N) is 1. The molecule has 3 unspecified atom stereocenters. The monoisotopic (exact) mass is 603 g/mol. The quantitative estimate of drug-likeness (QED) is 0.264. The fraction of sp³-hybridized carbons (Fsp3) is 0.371. The first kappa shape index (κ1) is 27.8. The number of hydrogen-bond acceptors (Lipinski definition) is 6. The van der Waals surface area contributed by atoms with Crippen LogP contribution in [-0.2, 0) is 18.4 Å². The SMILES string of the molecule is COc1cc(C(=O)N2CC3CCC2C3N)cc2nc(-c3cc4ccc(-c5ccc(NC(C)=O)nc5)cc4n3CC3CC3)n(C)c12. The van der Waals surface area contributed by atoms with E-state index < -0.39 is 0 Å². The standard InChI is InChI=1S/C35H37N7O3/c1-19(43)38-31-11-9-23(16-37-31)21-6-7-22-14-29(41(28(22)13-21)17-20-4-5-20)34-39-26-12-25(15-30(45-3)33(26)40(34)2)35(44)42-18-24-8-10-27(42)32(24)36/h6-7,9,11-16,20,24,27,32H,4-5,8,10,17-18,36H2,1-3H3,(H,37,38,43). The van der Waals surface area contributed by atoms with Crippen molar-refractivity contribution in [3.05, 3.63) is 60.3 Å². The summed E-state index contributed by atoms with van der Waals surface area (Å²) in [6, 6.07) is 16.4. The molecular weight excluding hydrogens is 566 g/mol. The maximum Gasteiger partial charge on any atom is 0.254 e. The van der Waals surface area contributed by atoms with Crippen LogP contribution in [0.4, 0.5) is 5.82 Å². The average molecular weight is 604 g/mol. The Labute approximate surface area is 261 Å². The van der Waals surface area contributed by atoms with Crippen molar-refractivity contribution in [2.75, 3.05) is 19.0 Å². The van der Waals surface area contributed by atoms with Crippen molar-refractivity contribution in [3.63, 3.8) is 0 Å². The van der Waals surface area contributed by atoms with E-state index in [9.17, 15) is 9.59 Å². The van der Waals surface area contributed by atoms with Crippen LogP contribution in [-0.4, -0.2) is 61.6 Å². The molecule has 5 aromatic rings. The molecule has 2 aromatic carbocycles. The zero-order valence-corrected chi connectivity index (χ0v) is 25.8. The Balaban J connectivity index is 1.20. The fourth-order valence-corrected chi connectivity index (χ4v) is 7.46. The van der Waals surface area contributed by atoms with Crippen LogP contribution in [0.1, 0.15) is 43.0 Å². The molecule has 3 N–H and O–H groups in total. The van der Waals surface area contributed by atoms with E-state index in [1.165, 1.54) is 19.8 Å². The van der Waals surface area contributed by atoms with Crippen molar-refractivity contribution < 1.29 is 14.3 Å². The molecular formula is C35H37N7O3. The molecule has 1 saturated heterocycles. The van der Waals surface area contributed by atoms with Gasteiger partial charge < -0.3 is 29.8 Å². The minimum atomic E-state index is -0.146. The Hall–Kier alpha value is -4.70. The Morgan fingerprint density at radius 2 is 1.87 bits per heavy atom. The molecule has 0 radical (unpaired) electrons. The highest BCUT2D eigenvalue weighted by Crippen LogP contribution is 2.40. The molecule has 3 fully saturated rings. The van der Waals surface area contributed by atoms with Gasteiger partial charge in [0.25, 0.3) is 5.91 Å². The summed E-state index contributed by atoms with van der Waals surface area (Å²) in [6.07, 6.45) is 6.30. The number of methoxy groups -OCH3 is 1. The number of anilines is 1. The third-order valence-corrected chi connectivity index (χ3v) is 9.99. The molecule has 3 aromatic heterocycles. The second-order valence-electron chi connectivity index (χ2n) is 13.0. The minimum Gasteiger partial charge on any atom is -0.494 e. The number of aryl methyl sites for hydroxylation is 1. The number of amides is 2. The number of piperidine rings is 1. The molecule has 2 amide bonds. The molecule has 10 heteroatoms. The van der Waals surface area contributed by atoms with Crippen LogP contribution in [0.2, 0.25) is 0 Å². The van der Waals surface area contributed by atoms with Gasteiger partial charge in [0.1, 0.15) is 17.1 Å². The summed E-state index contributed by atoms with van der Waals surface area (Å²) in [5.74, 6) is 2.87. The minimum absolute atomic E-state index is 0.0000248. The summed E-state index contributed by atoms with van der Waals surface area (Å²) in [7, 11) is 3.66. The third kappa shape index (κ3) is 4.66. The number of nitrogens with zero attached hydrogens (tertiary/aromatic N) is 5. The predicted octanol–water partition coefficient (Wildman–Crippen LogP) is 5.20. The van der Waals surface area contributed by atoms with Crippen molar-refractivity contribution in [3.8, 4) is 28.4 Å². The van der Waals surface area contributed by atoms with Gasteiger partial charge in [-0.05, 0) is 79.5 Å². The first-order chi connectivity index (χ1) is 21.8. The van der Waals surface area contributed by atoms with Gasteiger partial charge in [0.2, 0.25) is 5.91 Å². The van der Waals surface area contributed by atoms with Crippen LogP contribution >= 0.6 is 0 Å². The van der Waals surface area contributed by atoms with E-state index in [2.05, 4.69) is 43.7 Å². The Morgan fingerprint density at radius 1 is 1.04 bits per heavy atom. The van der Waals surface area contributed by atoms with Crippen LogP contribution in [0.3, 0.4) is 0 Å². The van der Waals surface area contributed by atoms with Gasteiger partial charge in [-0.25, -0.2) is 9.97 Å². The Bertz CT molecular complexity index is 1990. The number of benzene rings is 2. The topological polar surface area (TPSA) is 120 Å². The molecule has 3 atom stereocenters. The van der Waals surface area contributed by atoms with E-state index in [1.807, 2.05) is 36.2 Å². The number of hydrogen-bond donors (Lipinski definition) is 2. The number of imidazole rings is 1. The zero-order chi connectivity index (χ0) is 31.0. The van der Waals surface area contributed by atoms with Crippen molar-refractivity contribution in [1.29, 1.82) is 0 Å². The Morgan fingerprint density at radius 3 is 2.53 bits per heavy atom. The molecule has 3 aliphatic rings. The van der Waals surface area contributed by atoms with Gasteiger partial charge in [0, 0.05) is 67.4 Å². The first-order valence-electron chi connectivity index (χ1n) is 15.8. The van der Waals surface area contributed by atoms with Crippen molar-refractivity contribution in [2.24, 2.45) is 24.6 Å². The molecule has 10 nitrogen and oxygen atoms in total. The van der Waals surface area contributed by atoms with E-state index in [4.69, 9.17) is 15.5 Å². The van der Waals surface area contributed by atoms with E-state index in [0.29, 0.717) is 29.0 Å². The van der Waals surface area contributed by atoms with E-state index in [0.717, 1.165) is 70.5 Å². The summed E-state index contributed by atoms with van der Waals surface area (Å²) in [5, 5.41) is 3.86. The lowest BCUT2D eigenvalue weighted by Gasteiger charge is -2.27. The number of rotatable bonds is 7. The van der Waals surface area contributed by atoms with Crippen LogP contribution in [0, 0.1) is 11.8 Å². The van der Waals surface area contributed by atoms with Crippen LogP contribution in [0.25, 0.3) is 44.6 Å². The van der Waals surface area contributed by atoms with Gasteiger partial charge in [-0.2, -0.15) is 0 Å². The molecule has 45 heavy (non-hydrogen) atoms. The van der Waals surface area contributed by atoms with Gasteiger partial charge in [-0.1, -0.05) is 12.1 Å². The number of nitrogens with one attached hydrogen (secondary N) is 1. The summed E-state index contributed by atoms with van der Waals surface area (Å²) in [6.45, 7) is 3.10. The number of pyridine rings is 1. The summed E-state index contributed by atoms with van der Waals surface area (Å²) >= 11 is 0. The summed E-state index contributed by atoms with van der Waals surface area (Å²) in [5.41, 5.74) is 12.8. The average Bonchev–Trinajstić information content (AvgIpc) is 3.44.